The van der Waals surface area contributed by atoms with E-state index in [4.69, 9.17) is 33.7 Å². The number of benzene rings is 1. The molecule has 1 atom stereocenters. The zero-order chi connectivity index (χ0) is 41.7. The Morgan fingerprint density at radius 3 is 2.50 bits per heavy atom. The molecule has 1 aliphatic heterocycles. The molecule has 0 radical (unpaired) electrons. The van der Waals surface area contributed by atoms with Gasteiger partial charge in [-0.2, -0.15) is 5.10 Å². The van der Waals surface area contributed by atoms with Crippen molar-refractivity contribution in [3.8, 4) is 28.4 Å². The van der Waals surface area contributed by atoms with Crippen molar-refractivity contribution in [3.05, 3.63) is 65.3 Å². The molecular weight excluding hydrogens is 767 g/mol. The van der Waals surface area contributed by atoms with Gasteiger partial charge >= 0.3 is 0 Å². The van der Waals surface area contributed by atoms with Gasteiger partial charge in [0.2, 0.25) is 0 Å². The monoisotopic (exact) mass is 829 g/mol. The number of rotatable bonds is 18. The van der Waals surface area contributed by atoms with E-state index in [1.165, 1.54) is 4.68 Å². The van der Waals surface area contributed by atoms with E-state index in [9.17, 15) is 4.79 Å². The van der Waals surface area contributed by atoms with Crippen molar-refractivity contribution < 1.29 is 18.6 Å². The Morgan fingerprint density at radius 1 is 0.983 bits per heavy atom. The van der Waals surface area contributed by atoms with Gasteiger partial charge in [-0.3, -0.25) is 23.7 Å². The van der Waals surface area contributed by atoms with Crippen molar-refractivity contribution in [2.24, 2.45) is 7.05 Å². The summed E-state index contributed by atoms with van der Waals surface area (Å²) < 4.78 is 29.6. The first kappa shape index (κ1) is 43.4. The highest BCUT2D eigenvalue weighted by Crippen LogP contribution is 2.37. The second kappa shape index (κ2) is 18.4. The molecule has 1 saturated heterocycles. The van der Waals surface area contributed by atoms with Crippen LogP contribution in [0.25, 0.3) is 33.5 Å². The molecule has 1 fully saturated rings. The Bertz CT molecular complexity index is 2200. The van der Waals surface area contributed by atoms with Crippen LogP contribution in [0, 0.1) is 0 Å². The smallest absolute Gasteiger partial charge is 0.277 e. The molecule has 0 aliphatic carbocycles. The van der Waals surface area contributed by atoms with Gasteiger partial charge in [0.25, 0.3) is 5.56 Å². The Balaban J connectivity index is 1.25. The SMILES string of the molecule is CC(CCO[Si](C)(C)C(C)(C)C)n1nc(-c2cccc(OCCN3CCOCC3)c2)c2cnc(Nc3ccnc(-c4cn(COCC[Si](C)(C)C)n(C)c4=O)n3)cc21. The molecule has 5 aromatic rings. The summed E-state index contributed by atoms with van der Waals surface area (Å²) in [6, 6.07) is 13.0. The highest BCUT2D eigenvalue weighted by Gasteiger charge is 2.37. The van der Waals surface area contributed by atoms with Gasteiger partial charge in [-0.05, 0) is 55.7 Å². The third-order valence-electron chi connectivity index (χ3n) is 11.3. The Hall–Kier alpha value is -4.20. The zero-order valence-electron chi connectivity index (χ0n) is 36.2. The van der Waals surface area contributed by atoms with Crippen LogP contribution in [0.2, 0.25) is 43.8 Å². The molecule has 16 heteroatoms. The van der Waals surface area contributed by atoms with Crippen LogP contribution in [0.1, 0.15) is 40.2 Å². The number of ether oxygens (including phenoxy) is 3. The summed E-state index contributed by atoms with van der Waals surface area (Å²) in [5.41, 5.74) is 2.92. The fourth-order valence-corrected chi connectivity index (χ4v) is 8.23. The molecule has 14 nitrogen and oxygen atoms in total. The van der Waals surface area contributed by atoms with Gasteiger partial charge in [0.05, 0.1) is 24.8 Å². The van der Waals surface area contributed by atoms with Gasteiger partial charge in [-0.15, -0.1) is 0 Å². The van der Waals surface area contributed by atoms with Crippen molar-refractivity contribution in [2.45, 2.75) is 90.7 Å². The maximum Gasteiger partial charge on any atom is 0.277 e. The van der Waals surface area contributed by atoms with Crippen LogP contribution in [0.5, 0.6) is 5.75 Å². The lowest BCUT2D eigenvalue weighted by molar-refractivity contribution is 0.0322. The molecule has 1 aliphatic rings. The lowest BCUT2D eigenvalue weighted by atomic mass is 10.1. The number of morpholine rings is 1. The van der Waals surface area contributed by atoms with Gasteiger partial charge in [0, 0.05) is 83.6 Å². The number of pyridine rings is 1. The first-order valence-electron chi connectivity index (χ1n) is 20.5. The quantitative estimate of drug-likeness (QED) is 0.0685. The molecule has 0 bridgehead atoms. The third-order valence-corrected chi connectivity index (χ3v) is 17.5. The van der Waals surface area contributed by atoms with E-state index in [2.05, 4.69) is 92.4 Å². The number of nitrogens with zero attached hydrogens (tertiary/aromatic N) is 8. The van der Waals surface area contributed by atoms with Crippen LogP contribution in [-0.2, 0) is 27.7 Å². The number of fused-ring (bicyclic) bond motifs is 1. The first-order chi connectivity index (χ1) is 27.5. The predicted molar refractivity (Wildman–Crippen MR) is 236 cm³/mol. The molecule has 5 heterocycles. The van der Waals surface area contributed by atoms with Crippen molar-refractivity contribution in [1.29, 1.82) is 0 Å². The minimum Gasteiger partial charge on any atom is -0.492 e. The lowest BCUT2D eigenvalue weighted by Gasteiger charge is -2.36. The van der Waals surface area contributed by atoms with Crippen molar-refractivity contribution >= 4 is 38.9 Å². The summed E-state index contributed by atoms with van der Waals surface area (Å²) in [6.45, 7) is 26.9. The number of hydrogen-bond acceptors (Lipinski definition) is 11. The summed E-state index contributed by atoms with van der Waals surface area (Å²) >= 11 is 0. The molecule has 6 rings (SSSR count). The van der Waals surface area contributed by atoms with E-state index in [0.29, 0.717) is 42.8 Å². The number of nitrogens with one attached hydrogen (secondary N) is 1. The van der Waals surface area contributed by atoms with Crippen LogP contribution >= 0.6 is 0 Å². The van der Waals surface area contributed by atoms with Crippen molar-refractivity contribution in [1.82, 2.24) is 39.0 Å². The summed E-state index contributed by atoms with van der Waals surface area (Å²) in [7, 11) is -1.42. The molecule has 314 valence electrons. The topological polar surface area (TPSA) is 136 Å². The summed E-state index contributed by atoms with van der Waals surface area (Å²) in [5, 5.41) is 9.65. The van der Waals surface area contributed by atoms with Crippen molar-refractivity contribution in [3.63, 3.8) is 0 Å². The standard InChI is InChI=1S/C42H63N9O5Si2/c1-31(15-20-56-58(9,10)42(2,3)4)51-36-27-38(44-28-34(36)39(47-51)32-12-11-13-33(26-32)55-23-19-49-17-21-53-22-18-49)45-37-14-16-43-40(46-37)35-29-50(48(5)41(35)52)30-54-24-25-57(6,7)8/h11-14,16,26-29,31H,15,17-25,30H2,1-10H3,(H,43,44,45,46). The number of hydrogen-bond donors (Lipinski definition) is 1. The van der Waals surface area contributed by atoms with E-state index in [1.807, 2.05) is 24.4 Å². The minimum absolute atomic E-state index is 0.0367. The predicted octanol–water partition coefficient (Wildman–Crippen LogP) is 7.80. The minimum atomic E-state index is -1.92. The highest BCUT2D eigenvalue weighted by atomic mass is 28.4. The summed E-state index contributed by atoms with van der Waals surface area (Å²) in [5.74, 6) is 2.23. The molecule has 1 N–H and O–H groups in total. The molecule has 58 heavy (non-hydrogen) atoms. The van der Waals surface area contributed by atoms with E-state index in [0.717, 1.165) is 73.2 Å². The lowest BCUT2D eigenvalue weighted by Crippen LogP contribution is -2.41. The fraction of sp³-hybridized carbons (Fsp3) is 0.548. The average molecular weight is 830 g/mol. The Labute approximate surface area is 345 Å². The van der Waals surface area contributed by atoms with Gasteiger partial charge in [-0.25, -0.2) is 15.0 Å². The number of aromatic nitrogens is 7. The molecule has 0 amide bonds. The van der Waals surface area contributed by atoms with Crippen LogP contribution in [0.3, 0.4) is 0 Å². The van der Waals surface area contributed by atoms with Gasteiger partial charge in [-0.1, -0.05) is 52.5 Å². The van der Waals surface area contributed by atoms with Crippen LogP contribution in [0.15, 0.2) is 59.8 Å². The van der Waals surface area contributed by atoms with Crippen LogP contribution in [0.4, 0.5) is 11.6 Å². The molecule has 0 saturated carbocycles. The Morgan fingerprint density at radius 2 is 1.76 bits per heavy atom. The second-order valence-electron chi connectivity index (χ2n) is 18.0. The Kier molecular flexibility index (Phi) is 13.7. The fourth-order valence-electron chi connectivity index (χ4n) is 6.41. The number of anilines is 2. The van der Waals surface area contributed by atoms with E-state index >= 15 is 0 Å². The van der Waals surface area contributed by atoms with Gasteiger partial charge in [0.15, 0.2) is 14.1 Å². The zero-order valence-corrected chi connectivity index (χ0v) is 38.2. The van der Waals surface area contributed by atoms with Gasteiger partial charge < -0.3 is 24.0 Å². The highest BCUT2D eigenvalue weighted by molar-refractivity contribution is 6.76. The molecule has 1 aromatic carbocycles. The second-order valence-corrected chi connectivity index (χ2v) is 28.4. The van der Waals surface area contributed by atoms with Crippen LogP contribution < -0.4 is 15.6 Å². The maximum absolute atomic E-state index is 13.3. The largest absolute Gasteiger partial charge is 0.492 e. The third kappa shape index (κ3) is 10.9. The van der Waals surface area contributed by atoms with E-state index in [1.54, 1.807) is 30.2 Å². The van der Waals surface area contributed by atoms with Crippen molar-refractivity contribution in [2.75, 3.05) is 58.0 Å². The van der Waals surface area contributed by atoms with E-state index < -0.39 is 16.4 Å². The average Bonchev–Trinajstić information content (AvgIpc) is 3.69. The normalized spacial score (nSPS) is 14.9. The summed E-state index contributed by atoms with van der Waals surface area (Å²) in [6.07, 6.45) is 6.06. The maximum atomic E-state index is 13.3. The summed E-state index contributed by atoms with van der Waals surface area (Å²) in [4.78, 5) is 29.7. The van der Waals surface area contributed by atoms with E-state index in [-0.39, 0.29) is 23.4 Å². The molecule has 1 unspecified atom stereocenters. The molecule has 4 aromatic heterocycles. The van der Waals surface area contributed by atoms with Gasteiger partial charge in [0.1, 0.15) is 42.0 Å². The first-order valence-corrected chi connectivity index (χ1v) is 27.1. The molecule has 0 spiro atoms. The molecular formula is C42H63N9O5Si2. The van der Waals surface area contributed by atoms with Crippen LogP contribution in [-0.4, -0.2) is 108 Å².